The number of carbonyl (C=O) groups is 3. The number of hydrogen-bond acceptors (Lipinski definition) is 6. The molecule has 9 nitrogen and oxygen atoms in total. The van der Waals surface area contributed by atoms with Crippen molar-refractivity contribution in [3.63, 3.8) is 0 Å². The predicted octanol–water partition coefficient (Wildman–Crippen LogP) is -1.74. The number of rotatable bonds is 6. The van der Waals surface area contributed by atoms with Gasteiger partial charge < -0.3 is 32.5 Å². The van der Waals surface area contributed by atoms with E-state index >= 15 is 0 Å². The Hall–Kier alpha value is -1.20. The van der Waals surface area contributed by atoms with Crippen molar-refractivity contribution >= 4 is 17.9 Å². The SMILES string of the molecule is NCCC(=O)O.NCCC(=O)O.NCCC(=O)O.[Co]. The molecule has 19 heavy (non-hydrogen) atoms. The van der Waals surface area contributed by atoms with Gasteiger partial charge in [0.05, 0.1) is 19.3 Å². The van der Waals surface area contributed by atoms with E-state index in [1.165, 1.54) is 0 Å². The van der Waals surface area contributed by atoms with Gasteiger partial charge in [-0.1, -0.05) is 0 Å². The maximum atomic E-state index is 9.52. The summed E-state index contributed by atoms with van der Waals surface area (Å²) >= 11 is 0. The molecule has 0 aliphatic rings. The van der Waals surface area contributed by atoms with Crippen LogP contribution >= 0.6 is 0 Å². The maximum Gasteiger partial charge on any atom is 0.304 e. The molecule has 10 heteroatoms. The number of hydrogen-bond donors (Lipinski definition) is 6. The molecule has 0 saturated heterocycles. The Labute approximate surface area is 121 Å². The second-order valence-electron chi connectivity index (χ2n) is 2.80. The number of carboxylic acids is 3. The van der Waals surface area contributed by atoms with Gasteiger partial charge in [0.25, 0.3) is 0 Å². The van der Waals surface area contributed by atoms with Crippen LogP contribution < -0.4 is 17.2 Å². The zero-order chi connectivity index (χ0) is 15.0. The summed E-state index contributed by atoms with van der Waals surface area (Å²) in [4.78, 5) is 28.6. The molecule has 0 aliphatic heterocycles. The van der Waals surface area contributed by atoms with Crippen molar-refractivity contribution in [1.82, 2.24) is 0 Å². The molecule has 0 atom stereocenters. The molecule has 0 fully saturated rings. The zero-order valence-corrected chi connectivity index (χ0v) is 11.4. The van der Waals surface area contributed by atoms with Gasteiger partial charge in [0.2, 0.25) is 0 Å². The first kappa shape index (κ1) is 26.4. The van der Waals surface area contributed by atoms with Gasteiger partial charge in [-0.2, -0.15) is 0 Å². The fraction of sp³-hybridized carbons (Fsp3) is 0.667. The molecule has 0 saturated carbocycles. The Morgan fingerprint density at radius 2 is 0.789 bits per heavy atom. The maximum absolute atomic E-state index is 9.52. The van der Waals surface area contributed by atoms with Crippen molar-refractivity contribution < 1.29 is 46.5 Å². The fourth-order valence-electron chi connectivity index (χ4n) is 0.370. The van der Waals surface area contributed by atoms with Crippen LogP contribution in [0.15, 0.2) is 0 Å². The molecule has 0 aromatic heterocycles. The van der Waals surface area contributed by atoms with Crippen LogP contribution in [0.4, 0.5) is 0 Å². The Morgan fingerprint density at radius 1 is 0.632 bits per heavy atom. The van der Waals surface area contributed by atoms with Crippen LogP contribution in [0.3, 0.4) is 0 Å². The monoisotopic (exact) mass is 326 g/mol. The smallest absolute Gasteiger partial charge is 0.304 e. The molecule has 0 unspecified atom stereocenters. The van der Waals surface area contributed by atoms with Crippen LogP contribution in [0.2, 0.25) is 0 Å². The van der Waals surface area contributed by atoms with Crippen LogP contribution in [0, 0.1) is 0 Å². The molecule has 0 aromatic carbocycles. The van der Waals surface area contributed by atoms with Gasteiger partial charge in [-0.15, -0.1) is 0 Å². The molecule has 1 radical (unpaired) electrons. The minimum absolute atomic E-state index is 0. The molecule has 0 rings (SSSR count). The summed E-state index contributed by atoms with van der Waals surface area (Å²) in [6.07, 6.45) is 0.208. The van der Waals surface area contributed by atoms with E-state index in [-0.39, 0.29) is 55.7 Å². The van der Waals surface area contributed by atoms with Crippen molar-refractivity contribution in [1.29, 1.82) is 0 Å². The average molecular weight is 326 g/mol. The number of aliphatic carboxylic acids is 3. The van der Waals surface area contributed by atoms with Gasteiger partial charge in [-0.25, -0.2) is 0 Å². The first-order chi connectivity index (χ1) is 8.31. The van der Waals surface area contributed by atoms with Crippen LogP contribution in [0.1, 0.15) is 19.3 Å². The molecule has 0 spiro atoms. The molecule has 0 amide bonds. The third-order valence-corrected chi connectivity index (χ3v) is 1.07. The van der Waals surface area contributed by atoms with E-state index in [9.17, 15) is 14.4 Å². The molecule has 0 aliphatic carbocycles. The van der Waals surface area contributed by atoms with Gasteiger partial charge in [-0.05, 0) is 0 Å². The largest absolute Gasteiger partial charge is 0.481 e. The van der Waals surface area contributed by atoms with Gasteiger partial charge in [0.15, 0.2) is 0 Å². The van der Waals surface area contributed by atoms with Crippen LogP contribution in [0.25, 0.3) is 0 Å². The summed E-state index contributed by atoms with van der Waals surface area (Å²) in [5.74, 6) is -2.51. The van der Waals surface area contributed by atoms with Gasteiger partial charge in [0.1, 0.15) is 0 Å². The molecule has 117 valence electrons. The summed E-state index contributed by atoms with van der Waals surface area (Å²) in [5, 5.41) is 23.5. The Balaban J connectivity index is -0.0000000865. The van der Waals surface area contributed by atoms with E-state index in [4.69, 9.17) is 32.5 Å². The van der Waals surface area contributed by atoms with Crippen LogP contribution in [-0.4, -0.2) is 52.9 Å². The third kappa shape index (κ3) is 60.5. The predicted molar refractivity (Wildman–Crippen MR) is 63.9 cm³/mol. The van der Waals surface area contributed by atoms with Crippen LogP contribution in [0.5, 0.6) is 0 Å². The average Bonchev–Trinajstić information content (AvgIpc) is 2.18. The second kappa shape index (κ2) is 22.0. The molecule has 0 heterocycles. The van der Waals surface area contributed by atoms with Crippen molar-refractivity contribution in [3.8, 4) is 0 Å². The zero-order valence-electron chi connectivity index (χ0n) is 10.4. The van der Waals surface area contributed by atoms with Gasteiger partial charge >= 0.3 is 17.9 Å². The van der Waals surface area contributed by atoms with Crippen molar-refractivity contribution in [3.05, 3.63) is 0 Å². The van der Waals surface area contributed by atoms with E-state index in [2.05, 4.69) is 0 Å². The third-order valence-electron chi connectivity index (χ3n) is 1.07. The fourth-order valence-corrected chi connectivity index (χ4v) is 0.370. The van der Waals surface area contributed by atoms with Crippen LogP contribution in [-0.2, 0) is 31.2 Å². The standard InChI is InChI=1S/3C3H7NO2.Co/c3*4-2-1-3(5)6;/h3*1-2,4H2,(H,5,6);. The Bertz CT molecular complexity index is 202. The molecule has 0 bridgehead atoms. The minimum atomic E-state index is -0.836. The first-order valence-electron chi connectivity index (χ1n) is 5.07. The summed E-state index contributed by atoms with van der Waals surface area (Å²) in [6.45, 7) is 0.694. The molecule has 0 aromatic rings. The minimum Gasteiger partial charge on any atom is -0.481 e. The summed E-state index contributed by atoms with van der Waals surface area (Å²) < 4.78 is 0. The second-order valence-corrected chi connectivity index (χ2v) is 2.80. The van der Waals surface area contributed by atoms with Crippen molar-refractivity contribution in [2.75, 3.05) is 19.6 Å². The normalized spacial score (nSPS) is 7.74. The number of nitrogens with two attached hydrogens (primary N) is 3. The summed E-state index contributed by atoms with van der Waals surface area (Å²) in [6, 6.07) is 0. The number of carboxylic acid groups (broad SMARTS) is 3. The van der Waals surface area contributed by atoms with E-state index in [0.717, 1.165) is 0 Å². The van der Waals surface area contributed by atoms with Crippen molar-refractivity contribution in [2.45, 2.75) is 19.3 Å². The molecule has 9 N–H and O–H groups in total. The van der Waals surface area contributed by atoms with Gasteiger partial charge in [-0.3, -0.25) is 14.4 Å². The molecular weight excluding hydrogens is 305 g/mol. The van der Waals surface area contributed by atoms with Gasteiger partial charge in [0, 0.05) is 36.4 Å². The summed E-state index contributed by atoms with van der Waals surface area (Å²) in [5.41, 5.74) is 14.5. The summed E-state index contributed by atoms with van der Waals surface area (Å²) in [7, 11) is 0. The topological polar surface area (TPSA) is 190 Å². The Kier molecular flexibility index (Phi) is 30.6. The Morgan fingerprint density at radius 3 is 0.789 bits per heavy atom. The quantitative estimate of drug-likeness (QED) is 0.329. The van der Waals surface area contributed by atoms with E-state index in [0.29, 0.717) is 0 Å². The first-order valence-corrected chi connectivity index (χ1v) is 5.07. The van der Waals surface area contributed by atoms with Crippen molar-refractivity contribution in [2.24, 2.45) is 17.2 Å². The van der Waals surface area contributed by atoms with E-state index in [1.54, 1.807) is 0 Å². The van der Waals surface area contributed by atoms with E-state index in [1.807, 2.05) is 0 Å². The van der Waals surface area contributed by atoms with E-state index < -0.39 is 17.9 Å². The molecular formula is C9H21CoN3O6.